The van der Waals surface area contributed by atoms with Crippen LogP contribution in [0.1, 0.15) is 17.6 Å². The van der Waals surface area contributed by atoms with Crippen molar-refractivity contribution in [2.45, 2.75) is 20.3 Å². The molecule has 19 heavy (non-hydrogen) atoms. The van der Waals surface area contributed by atoms with Crippen LogP contribution >= 0.6 is 11.3 Å². The molecule has 3 rings (SSSR count). The van der Waals surface area contributed by atoms with Gasteiger partial charge in [-0.05, 0) is 25.5 Å². The minimum Gasteiger partial charge on any atom is -0.241 e. The van der Waals surface area contributed by atoms with Crippen LogP contribution in [-0.2, 0) is 6.42 Å². The van der Waals surface area contributed by atoms with Gasteiger partial charge < -0.3 is 0 Å². The summed E-state index contributed by atoms with van der Waals surface area (Å²) in [4.78, 5) is 12.4. The van der Waals surface area contributed by atoms with Crippen LogP contribution in [0.2, 0.25) is 0 Å². The average Bonchev–Trinajstić information content (AvgIpc) is 2.78. The molecule has 0 aliphatic carbocycles. The first-order chi connectivity index (χ1) is 9.19. The Kier molecular flexibility index (Phi) is 2.98. The molecule has 0 bridgehead atoms. The third-order valence-electron chi connectivity index (χ3n) is 2.96. The van der Waals surface area contributed by atoms with E-state index < -0.39 is 0 Å². The molecule has 96 valence electrons. The highest BCUT2D eigenvalue weighted by Crippen LogP contribution is 2.28. The Labute approximate surface area is 114 Å². The van der Waals surface area contributed by atoms with Crippen molar-refractivity contribution in [3.8, 4) is 11.3 Å². The van der Waals surface area contributed by atoms with Gasteiger partial charge in [-0.2, -0.15) is 0 Å². The topological polar surface area (TPSA) is 38.7 Å². The molecule has 0 radical (unpaired) electrons. The number of benzene rings is 1. The molecule has 3 aromatic rings. The van der Waals surface area contributed by atoms with Gasteiger partial charge in [-0.1, -0.05) is 13.0 Å². The van der Waals surface area contributed by atoms with Crippen molar-refractivity contribution < 1.29 is 4.39 Å². The van der Waals surface area contributed by atoms with Gasteiger partial charge in [0.2, 0.25) is 0 Å². The van der Waals surface area contributed by atoms with Gasteiger partial charge in [0, 0.05) is 5.56 Å². The normalized spacial score (nSPS) is 11.1. The summed E-state index contributed by atoms with van der Waals surface area (Å²) < 4.78 is 15.3. The molecule has 0 aliphatic rings. The first kappa shape index (κ1) is 12.2. The van der Waals surface area contributed by atoms with Crippen LogP contribution in [0.4, 0.5) is 4.39 Å². The summed E-state index contributed by atoms with van der Waals surface area (Å²) in [5.74, 6) is -0.337. The van der Waals surface area contributed by atoms with Crippen molar-refractivity contribution in [1.82, 2.24) is 15.0 Å². The highest BCUT2D eigenvalue weighted by atomic mass is 32.1. The van der Waals surface area contributed by atoms with E-state index in [4.69, 9.17) is 0 Å². The number of halogens is 1. The number of hydrogen-bond donors (Lipinski definition) is 0. The second-order valence-electron chi connectivity index (χ2n) is 4.25. The molecular weight excluding hydrogens is 261 g/mol. The third-order valence-corrected chi connectivity index (χ3v) is 3.92. The van der Waals surface area contributed by atoms with Crippen molar-refractivity contribution in [1.29, 1.82) is 0 Å². The van der Waals surface area contributed by atoms with Crippen LogP contribution in [0.5, 0.6) is 0 Å². The van der Waals surface area contributed by atoms with Crippen molar-refractivity contribution >= 4 is 21.6 Å². The number of rotatable bonds is 2. The van der Waals surface area contributed by atoms with Gasteiger partial charge in [0.05, 0.1) is 20.9 Å². The molecular formula is C14H12FN3S. The Balaban J connectivity index is 2.18. The summed E-state index contributed by atoms with van der Waals surface area (Å²) in [7, 11) is 0. The first-order valence-electron chi connectivity index (χ1n) is 6.06. The number of aromatic nitrogens is 3. The Morgan fingerprint density at radius 1 is 1.26 bits per heavy atom. The van der Waals surface area contributed by atoms with Crippen LogP contribution in [0.3, 0.4) is 0 Å². The van der Waals surface area contributed by atoms with Gasteiger partial charge in [-0.15, -0.1) is 11.3 Å². The highest BCUT2D eigenvalue weighted by molar-refractivity contribution is 7.18. The molecule has 5 heteroatoms. The number of nitrogens with zero attached hydrogens (tertiary/aromatic N) is 3. The average molecular weight is 273 g/mol. The largest absolute Gasteiger partial charge is 0.241 e. The zero-order chi connectivity index (χ0) is 13.4. The minimum atomic E-state index is -0.337. The van der Waals surface area contributed by atoms with Gasteiger partial charge >= 0.3 is 0 Å². The number of thiazole rings is 1. The smallest absolute Gasteiger partial charge is 0.170 e. The maximum Gasteiger partial charge on any atom is 0.170 e. The monoisotopic (exact) mass is 273 g/mol. The van der Waals surface area contributed by atoms with Crippen LogP contribution in [0.15, 0.2) is 24.5 Å². The number of hydrogen-bond acceptors (Lipinski definition) is 4. The Hall–Kier alpha value is -1.88. The second kappa shape index (κ2) is 4.66. The predicted octanol–water partition coefficient (Wildman–Crippen LogP) is 3.76. The lowest BCUT2D eigenvalue weighted by molar-refractivity contribution is 0.598. The SMILES string of the molecule is CCc1ncnc(-c2ccc3sc(C)nc3c2)c1F. The van der Waals surface area contributed by atoms with E-state index in [-0.39, 0.29) is 5.82 Å². The maximum absolute atomic E-state index is 14.2. The van der Waals surface area contributed by atoms with E-state index in [9.17, 15) is 4.39 Å². The van der Waals surface area contributed by atoms with E-state index in [1.54, 1.807) is 11.3 Å². The first-order valence-corrected chi connectivity index (χ1v) is 6.87. The van der Waals surface area contributed by atoms with Crippen molar-refractivity contribution in [2.75, 3.05) is 0 Å². The summed E-state index contributed by atoms with van der Waals surface area (Å²) in [6, 6.07) is 5.72. The van der Waals surface area contributed by atoms with E-state index >= 15 is 0 Å². The van der Waals surface area contributed by atoms with Crippen LogP contribution in [0, 0.1) is 12.7 Å². The van der Waals surface area contributed by atoms with E-state index in [1.165, 1.54) is 6.33 Å². The molecule has 0 unspecified atom stereocenters. The predicted molar refractivity (Wildman–Crippen MR) is 74.7 cm³/mol. The third kappa shape index (κ3) is 2.10. The summed E-state index contributed by atoms with van der Waals surface area (Å²) in [5.41, 5.74) is 2.42. The van der Waals surface area contributed by atoms with Gasteiger partial charge in [-0.3, -0.25) is 0 Å². The van der Waals surface area contributed by atoms with Crippen LogP contribution in [0.25, 0.3) is 21.5 Å². The Morgan fingerprint density at radius 3 is 2.89 bits per heavy atom. The zero-order valence-electron chi connectivity index (χ0n) is 10.6. The lowest BCUT2D eigenvalue weighted by atomic mass is 10.1. The van der Waals surface area contributed by atoms with Crippen molar-refractivity contribution in [2.24, 2.45) is 0 Å². The van der Waals surface area contributed by atoms with Gasteiger partial charge in [0.15, 0.2) is 5.82 Å². The maximum atomic E-state index is 14.2. The standard InChI is InChI=1S/C14H12FN3S/c1-3-10-13(15)14(17-7-16-10)9-4-5-12-11(6-9)18-8(2)19-12/h4-7H,3H2,1-2H3. The van der Waals surface area contributed by atoms with Crippen molar-refractivity contribution in [3.63, 3.8) is 0 Å². The fourth-order valence-corrected chi connectivity index (χ4v) is 2.85. The summed E-state index contributed by atoms with van der Waals surface area (Å²) >= 11 is 1.63. The second-order valence-corrected chi connectivity index (χ2v) is 5.49. The zero-order valence-corrected chi connectivity index (χ0v) is 11.5. The number of aryl methyl sites for hydroxylation is 2. The van der Waals surface area contributed by atoms with E-state index in [0.29, 0.717) is 17.8 Å². The molecule has 0 N–H and O–H groups in total. The van der Waals surface area contributed by atoms with E-state index in [0.717, 1.165) is 20.8 Å². The highest BCUT2D eigenvalue weighted by Gasteiger charge is 2.12. The lowest BCUT2D eigenvalue weighted by Gasteiger charge is -2.05. The van der Waals surface area contributed by atoms with E-state index in [2.05, 4.69) is 15.0 Å². The molecule has 1 aromatic carbocycles. The fourth-order valence-electron chi connectivity index (χ4n) is 2.04. The summed E-state index contributed by atoms with van der Waals surface area (Å²) in [6.07, 6.45) is 1.97. The molecule has 0 amide bonds. The molecule has 0 saturated carbocycles. The Morgan fingerprint density at radius 2 is 2.11 bits per heavy atom. The molecule has 3 nitrogen and oxygen atoms in total. The quantitative estimate of drug-likeness (QED) is 0.713. The molecule has 2 heterocycles. The molecule has 0 fully saturated rings. The molecule has 0 atom stereocenters. The lowest BCUT2D eigenvalue weighted by Crippen LogP contribution is -1.98. The van der Waals surface area contributed by atoms with Gasteiger partial charge in [0.1, 0.15) is 12.0 Å². The van der Waals surface area contributed by atoms with Crippen LogP contribution in [-0.4, -0.2) is 15.0 Å². The van der Waals surface area contributed by atoms with Gasteiger partial charge in [-0.25, -0.2) is 19.3 Å². The van der Waals surface area contributed by atoms with Crippen molar-refractivity contribution in [3.05, 3.63) is 41.0 Å². The molecule has 0 aliphatic heterocycles. The molecule has 0 saturated heterocycles. The minimum absolute atomic E-state index is 0.337. The summed E-state index contributed by atoms with van der Waals surface area (Å²) in [6.45, 7) is 3.84. The van der Waals surface area contributed by atoms with E-state index in [1.807, 2.05) is 32.0 Å². The molecule has 2 aromatic heterocycles. The van der Waals surface area contributed by atoms with Gasteiger partial charge in [0.25, 0.3) is 0 Å². The number of fused-ring (bicyclic) bond motifs is 1. The molecule has 0 spiro atoms. The van der Waals surface area contributed by atoms with Crippen LogP contribution < -0.4 is 0 Å². The summed E-state index contributed by atoms with van der Waals surface area (Å²) in [5, 5.41) is 1.00. The fraction of sp³-hybridized carbons (Fsp3) is 0.214. The Bertz CT molecular complexity index is 752.